The van der Waals surface area contributed by atoms with Crippen LogP contribution in [0.5, 0.6) is 5.75 Å². The highest BCUT2D eigenvalue weighted by Crippen LogP contribution is 2.24. The number of carbonyl (C=O) groups is 1. The topological polar surface area (TPSA) is 50.8 Å². The first-order chi connectivity index (χ1) is 13.6. The summed E-state index contributed by atoms with van der Waals surface area (Å²) in [5.41, 5.74) is 1.89. The van der Waals surface area contributed by atoms with Gasteiger partial charge >= 0.3 is 0 Å². The smallest absolute Gasteiger partial charge is 0.224 e. The van der Waals surface area contributed by atoms with Gasteiger partial charge in [-0.3, -0.25) is 9.69 Å². The minimum atomic E-state index is -0.0732. The van der Waals surface area contributed by atoms with Crippen molar-refractivity contribution in [1.29, 1.82) is 0 Å². The average molecular weight is 423 g/mol. The molecule has 0 aliphatic carbocycles. The van der Waals surface area contributed by atoms with E-state index in [1.54, 1.807) is 25.3 Å². The molecule has 3 rings (SSSR count). The second kappa shape index (κ2) is 10.1. The summed E-state index contributed by atoms with van der Waals surface area (Å²) in [6.45, 7) is 3.56. The lowest BCUT2D eigenvalue weighted by Crippen LogP contribution is -2.44. The van der Waals surface area contributed by atoms with Gasteiger partial charge in [0.05, 0.1) is 32.8 Å². The molecule has 0 aromatic heterocycles. The number of methoxy groups -OCH3 is 1. The molecule has 150 valence electrons. The molecule has 1 aliphatic rings. The van der Waals surface area contributed by atoms with Crippen LogP contribution in [-0.4, -0.2) is 50.8 Å². The number of halogens is 2. The van der Waals surface area contributed by atoms with Crippen molar-refractivity contribution in [2.45, 2.75) is 12.5 Å². The molecule has 1 amide bonds. The molecule has 7 heteroatoms. The number of benzene rings is 2. The normalized spacial score (nSPS) is 15.8. The van der Waals surface area contributed by atoms with Gasteiger partial charge in [-0.15, -0.1) is 0 Å². The molecule has 0 bridgehead atoms. The van der Waals surface area contributed by atoms with Gasteiger partial charge in [0.15, 0.2) is 0 Å². The Kier molecular flexibility index (Phi) is 7.57. The van der Waals surface area contributed by atoms with Crippen molar-refractivity contribution < 1.29 is 14.3 Å². The first kappa shape index (κ1) is 20.9. The van der Waals surface area contributed by atoms with Crippen LogP contribution >= 0.6 is 23.2 Å². The average Bonchev–Trinajstić information content (AvgIpc) is 2.71. The van der Waals surface area contributed by atoms with E-state index in [1.807, 2.05) is 24.3 Å². The predicted octanol–water partition coefficient (Wildman–Crippen LogP) is 3.73. The van der Waals surface area contributed by atoms with Gasteiger partial charge in [-0.25, -0.2) is 0 Å². The molecular formula is C21H24Cl2N2O3. The molecular weight excluding hydrogens is 399 g/mol. The van der Waals surface area contributed by atoms with Crippen LogP contribution in [0.4, 0.5) is 0 Å². The second-order valence-electron chi connectivity index (χ2n) is 6.65. The molecule has 2 aromatic rings. The van der Waals surface area contributed by atoms with Gasteiger partial charge in [-0.1, -0.05) is 41.4 Å². The van der Waals surface area contributed by atoms with Crippen LogP contribution < -0.4 is 10.1 Å². The summed E-state index contributed by atoms with van der Waals surface area (Å²) in [7, 11) is 1.65. The third-order valence-corrected chi connectivity index (χ3v) is 5.43. The van der Waals surface area contributed by atoms with E-state index in [9.17, 15) is 4.79 Å². The summed E-state index contributed by atoms with van der Waals surface area (Å²) in [5, 5.41) is 4.11. The number of ether oxygens (including phenoxy) is 2. The SMILES string of the molecule is COc1ccc(C(CNC(=O)Cc2ccc(Cl)cc2Cl)N2CCOCC2)cc1. The van der Waals surface area contributed by atoms with Crippen LogP contribution in [-0.2, 0) is 16.0 Å². The Morgan fingerprint density at radius 2 is 1.89 bits per heavy atom. The number of nitrogens with zero attached hydrogens (tertiary/aromatic N) is 1. The Bertz CT molecular complexity index is 793. The van der Waals surface area contributed by atoms with E-state index in [0.717, 1.165) is 30.0 Å². The van der Waals surface area contributed by atoms with Gasteiger partial charge in [-0.05, 0) is 35.4 Å². The van der Waals surface area contributed by atoms with E-state index in [-0.39, 0.29) is 18.4 Å². The lowest BCUT2D eigenvalue weighted by molar-refractivity contribution is -0.120. The van der Waals surface area contributed by atoms with Crippen LogP contribution in [0.1, 0.15) is 17.2 Å². The number of carbonyl (C=O) groups excluding carboxylic acids is 1. The highest BCUT2D eigenvalue weighted by molar-refractivity contribution is 6.35. The fourth-order valence-corrected chi connectivity index (χ4v) is 3.76. The van der Waals surface area contributed by atoms with E-state index in [1.165, 1.54) is 0 Å². The zero-order valence-corrected chi connectivity index (χ0v) is 17.3. The monoisotopic (exact) mass is 422 g/mol. The minimum absolute atomic E-state index is 0.0689. The molecule has 0 spiro atoms. The number of morpholine rings is 1. The first-order valence-electron chi connectivity index (χ1n) is 9.23. The summed E-state index contributed by atoms with van der Waals surface area (Å²) >= 11 is 12.1. The molecule has 1 unspecified atom stereocenters. The Labute approximate surface area is 175 Å². The largest absolute Gasteiger partial charge is 0.497 e. The van der Waals surface area contributed by atoms with Gasteiger partial charge in [0, 0.05) is 29.7 Å². The summed E-state index contributed by atoms with van der Waals surface area (Å²) in [6.07, 6.45) is 0.217. The zero-order valence-electron chi connectivity index (χ0n) is 15.8. The summed E-state index contributed by atoms with van der Waals surface area (Å²) in [4.78, 5) is 14.8. The number of nitrogens with one attached hydrogen (secondary N) is 1. The van der Waals surface area contributed by atoms with Crippen molar-refractivity contribution >= 4 is 29.1 Å². The Morgan fingerprint density at radius 3 is 2.54 bits per heavy atom. The van der Waals surface area contributed by atoms with E-state index in [0.29, 0.717) is 29.8 Å². The van der Waals surface area contributed by atoms with Crippen molar-refractivity contribution in [1.82, 2.24) is 10.2 Å². The molecule has 1 N–H and O–H groups in total. The van der Waals surface area contributed by atoms with Crippen molar-refractivity contribution in [3.8, 4) is 5.75 Å². The van der Waals surface area contributed by atoms with Gasteiger partial charge in [-0.2, -0.15) is 0 Å². The summed E-state index contributed by atoms with van der Waals surface area (Å²) in [5.74, 6) is 0.738. The lowest BCUT2D eigenvalue weighted by Gasteiger charge is -2.35. The van der Waals surface area contributed by atoms with Crippen molar-refractivity contribution in [2.75, 3.05) is 40.0 Å². The molecule has 0 radical (unpaired) electrons. The maximum Gasteiger partial charge on any atom is 0.224 e. The standard InChI is InChI=1S/C21H24Cl2N2O3/c1-27-18-6-3-15(4-7-18)20(25-8-10-28-11-9-25)14-24-21(26)12-16-2-5-17(22)13-19(16)23/h2-7,13,20H,8-12,14H2,1H3,(H,24,26). The third kappa shape index (κ3) is 5.61. The molecule has 1 aliphatic heterocycles. The molecule has 1 heterocycles. The molecule has 1 saturated heterocycles. The molecule has 1 atom stereocenters. The highest BCUT2D eigenvalue weighted by atomic mass is 35.5. The summed E-state index contributed by atoms with van der Waals surface area (Å²) < 4.78 is 10.7. The van der Waals surface area contributed by atoms with E-state index in [2.05, 4.69) is 10.2 Å². The minimum Gasteiger partial charge on any atom is -0.497 e. The van der Waals surface area contributed by atoms with Crippen molar-refractivity contribution in [2.24, 2.45) is 0 Å². The van der Waals surface area contributed by atoms with Crippen LogP contribution in [0.3, 0.4) is 0 Å². The fourth-order valence-electron chi connectivity index (χ4n) is 3.28. The molecule has 0 saturated carbocycles. The predicted molar refractivity (Wildman–Crippen MR) is 111 cm³/mol. The van der Waals surface area contributed by atoms with Gasteiger partial charge in [0.25, 0.3) is 0 Å². The van der Waals surface area contributed by atoms with Crippen LogP contribution in [0.25, 0.3) is 0 Å². The molecule has 1 fully saturated rings. The molecule has 5 nitrogen and oxygen atoms in total. The van der Waals surface area contributed by atoms with E-state index < -0.39 is 0 Å². The van der Waals surface area contributed by atoms with Gasteiger partial charge in [0.2, 0.25) is 5.91 Å². The van der Waals surface area contributed by atoms with Crippen LogP contribution in [0, 0.1) is 0 Å². The zero-order chi connectivity index (χ0) is 19.9. The Balaban J connectivity index is 1.67. The summed E-state index contributed by atoms with van der Waals surface area (Å²) in [6, 6.07) is 13.2. The lowest BCUT2D eigenvalue weighted by atomic mass is 10.0. The van der Waals surface area contributed by atoms with Gasteiger partial charge < -0.3 is 14.8 Å². The van der Waals surface area contributed by atoms with Crippen molar-refractivity contribution in [3.05, 3.63) is 63.6 Å². The highest BCUT2D eigenvalue weighted by Gasteiger charge is 2.23. The number of amides is 1. The maximum absolute atomic E-state index is 12.5. The fraction of sp³-hybridized carbons (Fsp3) is 0.381. The second-order valence-corrected chi connectivity index (χ2v) is 7.50. The molecule has 28 heavy (non-hydrogen) atoms. The Morgan fingerprint density at radius 1 is 1.18 bits per heavy atom. The third-order valence-electron chi connectivity index (χ3n) is 4.85. The van der Waals surface area contributed by atoms with Crippen LogP contribution in [0.2, 0.25) is 10.0 Å². The quantitative estimate of drug-likeness (QED) is 0.738. The van der Waals surface area contributed by atoms with Crippen molar-refractivity contribution in [3.63, 3.8) is 0 Å². The molecule has 2 aromatic carbocycles. The maximum atomic E-state index is 12.5. The van der Waals surface area contributed by atoms with E-state index >= 15 is 0 Å². The number of rotatable bonds is 7. The van der Waals surface area contributed by atoms with E-state index in [4.69, 9.17) is 32.7 Å². The Hall–Kier alpha value is -1.79. The number of hydrogen-bond donors (Lipinski definition) is 1. The first-order valence-corrected chi connectivity index (χ1v) is 9.99. The van der Waals surface area contributed by atoms with Gasteiger partial charge in [0.1, 0.15) is 5.75 Å². The number of hydrogen-bond acceptors (Lipinski definition) is 4. The van der Waals surface area contributed by atoms with Crippen LogP contribution in [0.15, 0.2) is 42.5 Å².